The van der Waals surface area contributed by atoms with Gasteiger partial charge in [0.15, 0.2) is 0 Å². The second kappa shape index (κ2) is 5.42. The Labute approximate surface area is 108 Å². The van der Waals surface area contributed by atoms with Crippen LogP contribution in [0, 0.1) is 0 Å². The molecule has 0 aromatic heterocycles. The Morgan fingerprint density at radius 2 is 2.00 bits per heavy atom. The fourth-order valence-corrected chi connectivity index (χ4v) is 4.03. The summed E-state index contributed by atoms with van der Waals surface area (Å²) in [5.41, 5.74) is 1.16. The molecule has 1 aromatic rings. The molecular formula is C12H17NO2S2. The Hall–Kier alpha value is -0.520. The van der Waals surface area contributed by atoms with E-state index in [0.717, 1.165) is 12.0 Å². The van der Waals surface area contributed by atoms with Crippen molar-refractivity contribution in [2.45, 2.75) is 12.3 Å². The summed E-state index contributed by atoms with van der Waals surface area (Å²) in [7, 11) is -3.00. The summed E-state index contributed by atoms with van der Waals surface area (Å²) in [6.45, 7) is 1.20. The second-order valence-electron chi connectivity index (χ2n) is 4.32. The zero-order chi connectivity index (χ0) is 12.3. The third-order valence-corrected chi connectivity index (χ3v) is 5.48. The standard InChI is InChI=1S/C12H17NO2S2/c14-17(15)8-4-7-13(17)9-12(10-16)11-5-2-1-3-6-11/h1-3,5-6,12,16H,4,7-10H2. The third kappa shape index (κ3) is 3.03. The number of nitrogens with zero attached hydrogens (tertiary/aromatic N) is 1. The fraction of sp³-hybridized carbons (Fsp3) is 0.500. The molecule has 1 atom stereocenters. The van der Waals surface area contributed by atoms with Gasteiger partial charge in [-0.1, -0.05) is 30.3 Å². The lowest BCUT2D eigenvalue weighted by molar-refractivity contribution is 0.422. The topological polar surface area (TPSA) is 37.4 Å². The molecule has 0 saturated carbocycles. The molecular weight excluding hydrogens is 254 g/mol. The van der Waals surface area contributed by atoms with Crippen molar-refractivity contribution in [3.8, 4) is 0 Å². The Bertz CT molecular complexity index is 459. The van der Waals surface area contributed by atoms with Gasteiger partial charge in [0.05, 0.1) is 5.75 Å². The zero-order valence-corrected chi connectivity index (χ0v) is 11.3. The van der Waals surface area contributed by atoms with E-state index in [1.54, 1.807) is 4.31 Å². The van der Waals surface area contributed by atoms with Crippen LogP contribution in [0.25, 0.3) is 0 Å². The molecule has 5 heteroatoms. The summed E-state index contributed by atoms with van der Waals surface area (Å²) in [4.78, 5) is 0. The molecule has 2 rings (SSSR count). The largest absolute Gasteiger partial charge is 0.214 e. The monoisotopic (exact) mass is 271 g/mol. The van der Waals surface area contributed by atoms with E-state index in [-0.39, 0.29) is 5.92 Å². The lowest BCUT2D eigenvalue weighted by Gasteiger charge is -2.21. The highest BCUT2D eigenvalue weighted by Gasteiger charge is 2.30. The summed E-state index contributed by atoms with van der Waals surface area (Å²) in [6.07, 6.45) is 0.746. The van der Waals surface area contributed by atoms with Crippen LogP contribution in [-0.4, -0.2) is 37.3 Å². The van der Waals surface area contributed by atoms with E-state index in [9.17, 15) is 8.42 Å². The van der Waals surface area contributed by atoms with E-state index in [1.807, 2.05) is 30.3 Å². The maximum atomic E-state index is 11.7. The molecule has 17 heavy (non-hydrogen) atoms. The minimum Gasteiger partial charge on any atom is -0.212 e. The third-order valence-electron chi connectivity index (χ3n) is 3.12. The van der Waals surface area contributed by atoms with Crippen molar-refractivity contribution in [2.75, 3.05) is 24.6 Å². The van der Waals surface area contributed by atoms with Gasteiger partial charge in [-0.05, 0) is 17.7 Å². The lowest BCUT2D eigenvalue weighted by Crippen LogP contribution is -2.31. The molecule has 0 bridgehead atoms. The van der Waals surface area contributed by atoms with Gasteiger partial charge in [-0.25, -0.2) is 12.7 Å². The van der Waals surface area contributed by atoms with Crippen molar-refractivity contribution < 1.29 is 8.42 Å². The summed E-state index contributed by atoms with van der Waals surface area (Å²) >= 11 is 4.34. The molecule has 0 N–H and O–H groups in total. The van der Waals surface area contributed by atoms with Gasteiger partial charge in [0.2, 0.25) is 10.0 Å². The predicted molar refractivity (Wildman–Crippen MR) is 73.0 cm³/mol. The lowest BCUT2D eigenvalue weighted by atomic mass is 10.0. The Balaban J connectivity index is 2.11. The van der Waals surface area contributed by atoms with E-state index in [1.165, 1.54) is 0 Å². The van der Waals surface area contributed by atoms with Crippen molar-refractivity contribution in [3.63, 3.8) is 0 Å². The van der Waals surface area contributed by atoms with Gasteiger partial charge in [-0.15, -0.1) is 0 Å². The van der Waals surface area contributed by atoms with Gasteiger partial charge in [-0.3, -0.25) is 0 Å². The van der Waals surface area contributed by atoms with Gasteiger partial charge in [0, 0.05) is 19.0 Å². The predicted octanol–water partition coefficient (Wildman–Crippen LogP) is 1.74. The van der Waals surface area contributed by atoms with E-state index in [0.29, 0.717) is 24.6 Å². The first-order valence-corrected chi connectivity index (χ1v) is 8.01. The molecule has 0 amide bonds. The molecule has 94 valence electrons. The average Bonchev–Trinajstić information content (AvgIpc) is 2.66. The molecule has 1 aliphatic rings. The van der Waals surface area contributed by atoms with Crippen LogP contribution in [0.15, 0.2) is 30.3 Å². The molecule has 3 nitrogen and oxygen atoms in total. The van der Waals surface area contributed by atoms with E-state index in [4.69, 9.17) is 0 Å². The zero-order valence-electron chi connectivity index (χ0n) is 9.62. The highest BCUT2D eigenvalue weighted by Crippen LogP contribution is 2.22. The minimum atomic E-state index is -3.00. The molecule has 1 fully saturated rings. The molecule has 0 radical (unpaired) electrons. The van der Waals surface area contributed by atoms with E-state index in [2.05, 4.69) is 12.6 Å². The number of sulfonamides is 1. The number of thiol groups is 1. The van der Waals surface area contributed by atoms with Crippen LogP contribution in [0.5, 0.6) is 0 Å². The van der Waals surface area contributed by atoms with Crippen LogP contribution < -0.4 is 0 Å². The molecule has 1 aliphatic heterocycles. The Kier molecular flexibility index (Phi) is 4.12. The highest BCUT2D eigenvalue weighted by atomic mass is 32.2. The fourth-order valence-electron chi connectivity index (χ4n) is 2.14. The molecule has 0 spiro atoms. The molecule has 1 saturated heterocycles. The summed E-state index contributed by atoms with van der Waals surface area (Å²) in [5, 5.41) is 0. The van der Waals surface area contributed by atoms with Crippen molar-refractivity contribution in [1.82, 2.24) is 4.31 Å². The van der Waals surface area contributed by atoms with Crippen LogP contribution in [0.4, 0.5) is 0 Å². The second-order valence-corrected chi connectivity index (χ2v) is 6.77. The first kappa shape index (κ1) is 12.9. The average molecular weight is 271 g/mol. The van der Waals surface area contributed by atoms with Crippen molar-refractivity contribution >= 4 is 22.7 Å². The first-order valence-electron chi connectivity index (χ1n) is 5.77. The molecule has 1 unspecified atom stereocenters. The van der Waals surface area contributed by atoms with Gasteiger partial charge in [-0.2, -0.15) is 12.6 Å². The van der Waals surface area contributed by atoms with Crippen LogP contribution in [0.1, 0.15) is 17.9 Å². The minimum absolute atomic E-state index is 0.174. The smallest absolute Gasteiger partial charge is 0.212 e. The SMILES string of the molecule is O=S1(=O)CCCN1CC(CS)c1ccccc1. The molecule has 1 aromatic carbocycles. The maximum Gasteiger partial charge on any atom is 0.214 e. The van der Waals surface area contributed by atoms with Crippen LogP contribution >= 0.6 is 12.6 Å². The van der Waals surface area contributed by atoms with Crippen molar-refractivity contribution in [2.24, 2.45) is 0 Å². The van der Waals surface area contributed by atoms with E-state index < -0.39 is 10.0 Å². The van der Waals surface area contributed by atoms with Crippen molar-refractivity contribution in [3.05, 3.63) is 35.9 Å². The van der Waals surface area contributed by atoms with Gasteiger partial charge >= 0.3 is 0 Å². The normalized spacial score (nSPS) is 21.5. The number of hydrogen-bond donors (Lipinski definition) is 1. The van der Waals surface area contributed by atoms with Gasteiger partial charge in [0.25, 0.3) is 0 Å². The van der Waals surface area contributed by atoms with Crippen LogP contribution in [0.3, 0.4) is 0 Å². The summed E-state index contributed by atoms with van der Waals surface area (Å²) in [6, 6.07) is 9.98. The quantitative estimate of drug-likeness (QED) is 0.847. The summed E-state index contributed by atoms with van der Waals surface area (Å²) < 4.78 is 25.1. The molecule has 1 heterocycles. The number of benzene rings is 1. The number of hydrogen-bond acceptors (Lipinski definition) is 3. The van der Waals surface area contributed by atoms with E-state index >= 15 is 0 Å². The van der Waals surface area contributed by atoms with Crippen LogP contribution in [0.2, 0.25) is 0 Å². The highest BCUT2D eigenvalue weighted by molar-refractivity contribution is 7.89. The first-order chi connectivity index (χ1) is 8.13. The Morgan fingerprint density at radius 1 is 1.29 bits per heavy atom. The van der Waals surface area contributed by atoms with Gasteiger partial charge in [0.1, 0.15) is 0 Å². The molecule has 0 aliphatic carbocycles. The maximum absolute atomic E-state index is 11.7. The van der Waals surface area contributed by atoms with Gasteiger partial charge < -0.3 is 0 Å². The summed E-state index contributed by atoms with van der Waals surface area (Å²) in [5.74, 6) is 1.13. The number of rotatable bonds is 4. The van der Waals surface area contributed by atoms with Crippen LogP contribution in [-0.2, 0) is 10.0 Å². The van der Waals surface area contributed by atoms with Crippen molar-refractivity contribution in [1.29, 1.82) is 0 Å². The Morgan fingerprint density at radius 3 is 2.53 bits per heavy atom.